The maximum Gasteiger partial charge on any atom is 0.175 e. The van der Waals surface area contributed by atoms with Gasteiger partial charge in [-0.3, -0.25) is 4.79 Å². The highest BCUT2D eigenvalue weighted by atomic mass is 32.1. The molecule has 0 aromatic carbocycles. The van der Waals surface area contributed by atoms with Gasteiger partial charge in [0.15, 0.2) is 5.78 Å². The third-order valence-corrected chi connectivity index (χ3v) is 4.97. The smallest absolute Gasteiger partial charge is 0.175 e. The van der Waals surface area contributed by atoms with E-state index in [-0.39, 0.29) is 0 Å². The van der Waals surface area contributed by atoms with Crippen molar-refractivity contribution in [1.82, 2.24) is 0 Å². The van der Waals surface area contributed by atoms with Crippen LogP contribution >= 0.6 is 11.3 Å². The van der Waals surface area contributed by atoms with Crippen LogP contribution in [0.4, 0.5) is 0 Å². The third kappa shape index (κ3) is 1.65. The minimum atomic E-state index is 0.366. The molecular weight excluding hydrogens is 204 g/mol. The van der Waals surface area contributed by atoms with E-state index in [0.717, 1.165) is 17.7 Å². The summed E-state index contributed by atoms with van der Waals surface area (Å²) in [5, 5.41) is 0. The van der Waals surface area contributed by atoms with Crippen LogP contribution in [-0.2, 0) is 12.8 Å². The zero-order chi connectivity index (χ0) is 10.3. The minimum Gasteiger partial charge on any atom is -0.293 e. The van der Waals surface area contributed by atoms with Crippen molar-refractivity contribution in [3.05, 3.63) is 21.4 Å². The van der Waals surface area contributed by atoms with Crippen molar-refractivity contribution in [1.29, 1.82) is 0 Å². The van der Waals surface area contributed by atoms with E-state index in [1.807, 2.05) is 0 Å². The van der Waals surface area contributed by atoms with Gasteiger partial charge in [0.05, 0.1) is 4.88 Å². The van der Waals surface area contributed by atoms with E-state index >= 15 is 0 Å². The molecule has 0 saturated heterocycles. The summed E-state index contributed by atoms with van der Waals surface area (Å²) in [5.41, 5.74) is 1.47. The van der Waals surface area contributed by atoms with Crippen LogP contribution in [0.25, 0.3) is 0 Å². The number of thiophene rings is 1. The molecule has 1 aromatic rings. The third-order valence-electron chi connectivity index (χ3n) is 3.72. The van der Waals surface area contributed by atoms with Gasteiger partial charge in [-0.15, -0.1) is 11.3 Å². The molecule has 0 unspecified atom stereocenters. The second kappa shape index (κ2) is 3.75. The molecule has 0 radical (unpaired) electrons. The van der Waals surface area contributed by atoms with Crippen LogP contribution in [0.3, 0.4) is 0 Å². The van der Waals surface area contributed by atoms with Crippen molar-refractivity contribution in [2.45, 2.75) is 44.9 Å². The Morgan fingerprint density at radius 3 is 2.67 bits per heavy atom. The van der Waals surface area contributed by atoms with Crippen molar-refractivity contribution in [2.24, 2.45) is 5.92 Å². The average molecular weight is 220 g/mol. The lowest BCUT2D eigenvalue weighted by Crippen LogP contribution is -2.21. The Bertz CT molecular complexity index is 364. The van der Waals surface area contributed by atoms with Crippen molar-refractivity contribution in [3.63, 3.8) is 0 Å². The molecule has 1 fully saturated rings. The summed E-state index contributed by atoms with van der Waals surface area (Å²) < 4.78 is 0. The van der Waals surface area contributed by atoms with E-state index in [1.54, 1.807) is 11.3 Å². The molecule has 0 aliphatic heterocycles. The van der Waals surface area contributed by atoms with Crippen LogP contribution < -0.4 is 0 Å². The normalized spacial score (nSPS) is 20.8. The summed E-state index contributed by atoms with van der Waals surface area (Å²) in [7, 11) is 0. The molecule has 2 aliphatic rings. The fraction of sp³-hybridized carbons (Fsp3) is 0.615. The van der Waals surface area contributed by atoms with E-state index in [2.05, 4.69) is 6.07 Å². The predicted molar refractivity (Wildman–Crippen MR) is 62.6 cm³/mol. The second-order valence-corrected chi connectivity index (χ2v) is 5.89. The number of rotatable bonds is 2. The van der Waals surface area contributed by atoms with Crippen LogP contribution in [-0.4, -0.2) is 5.78 Å². The summed E-state index contributed by atoms with van der Waals surface area (Å²) in [4.78, 5) is 14.6. The summed E-state index contributed by atoms with van der Waals surface area (Å²) in [6, 6.07) is 2.18. The van der Waals surface area contributed by atoms with Gasteiger partial charge in [-0.1, -0.05) is 6.42 Å². The maximum atomic E-state index is 12.1. The Hall–Kier alpha value is -0.630. The van der Waals surface area contributed by atoms with Crippen LogP contribution in [0.2, 0.25) is 0 Å². The summed E-state index contributed by atoms with van der Waals surface area (Å²) in [6.45, 7) is 0. The van der Waals surface area contributed by atoms with Crippen LogP contribution in [0.1, 0.15) is 52.2 Å². The molecule has 80 valence electrons. The number of hydrogen-bond acceptors (Lipinski definition) is 2. The Morgan fingerprint density at radius 1 is 1.20 bits per heavy atom. The Kier molecular flexibility index (Phi) is 2.39. The Balaban J connectivity index is 1.85. The Labute approximate surface area is 94.5 Å². The van der Waals surface area contributed by atoms with Crippen molar-refractivity contribution in [2.75, 3.05) is 0 Å². The van der Waals surface area contributed by atoms with Gasteiger partial charge in [-0.2, -0.15) is 0 Å². The molecular formula is C13H16OS. The highest BCUT2D eigenvalue weighted by molar-refractivity contribution is 7.14. The lowest BCUT2D eigenvalue weighted by Gasteiger charge is -2.22. The van der Waals surface area contributed by atoms with Gasteiger partial charge in [-0.05, 0) is 50.2 Å². The van der Waals surface area contributed by atoms with Gasteiger partial charge in [0.2, 0.25) is 0 Å². The van der Waals surface area contributed by atoms with Crippen molar-refractivity contribution in [3.8, 4) is 0 Å². The van der Waals surface area contributed by atoms with Gasteiger partial charge < -0.3 is 0 Å². The van der Waals surface area contributed by atoms with Crippen molar-refractivity contribution >= 4 is 17.1 Å². The first-order valence-electron chi connectivity index (χ1n) is 6.00. The molecule has 0 spiro atoms. The lowest BCUT2D eigenvalue weighted by molar-refractivity contribution is 0.0859. The van der Waals surface area contributed by atoms with Crippen LogP contribution in [0.5, 0.6) is 0 Å². The van der Waals surface area contributed by atoms with E-state index in [9.17, 15) is 4.79 Å². The topological polar surface area (TPSA) is 17.1 Å². The fourth-order valence-corrected chi connectivity index (χ4v) is 3.76. The largest absolute Gasteiger partial charge is 0.293 e. The maximum absolute atomic E-state index is 12.1. The summed E-state index contributed by atoms with van der Waals surface area (Å²) in [6.07, 6.45) is 8.53. The highest BCUT2D eigenvalue weighted by Gasteiger charge is 2.28. The first kappa shape index (κ1) is 9.59. The number of Topliss-reactive ketones (excluding diaryl/α,β-unsaturated/α-hetero) is 1. The van der Waals surface area contributed by atoms with Gasteiger partial charge in [0, 0.05) is 10.8 Å². The molecule has 0 N–H and O–H groups in total. The van der Waals surface area contributed by atoms with E-state index in [0.29, 0.717) is 11.7 Å². The summed E-state index contributed by atoms with van der Waals surface area (Å²) in [5.74, 6) is 0.797. The molecule has 1 aromatic heterocycles. The molecule has 3 rings (SSSR count). The number of fused-ring (bicyclic) bond motifs is 1. The number of carbonyl (C=O) groups excluding carboxylic acids is 1. The Morgan fingerprint density at radius 2 is 2.00 bits per heavy atom. The van der Waals surface area contributed by atoms with Crippen LogP contribution in [0, 0.1) is 5.92 Å². The van der Waals surface area contributed by atoms with Gasteiger partial charge in [0.25, 0.3) is 0 Å². The zero-order valence-electron chi connectivity index (χ0n) is 8.92. The molecule has 1 nitrogen and oxygen atoms in total. The molecule has 1 saturated carbocycles. The SMILES string of the molecule is O=C(c1cc2c(s1)CCCC2)C1CCC1. The molecule has 2 heteroatoms. The van der Waals surface area contributed by atoms with Crippen molar-refractivity contribution < 1.29 is 4.79 Å². The molecule has 0 amide bonds. The van der Waals surface area contributed by atoms with E-state index in [1.165, 1.54) is 42.5 Å². The van der Waals surface area contributed by atoms with E-state index < -0.39 is 0 Å². The number of carbonyl (C=O) groups is 1. The lowest BCUT2D eigenvalue weighted by atomic mass is 9.81. The molecule has 15 heavy (non-hydrogen) atoms. The first-order valence-corrected chi connectivity index (χ1v) is 6.82. The standard InChI is InChI=1S/C13H16OS/c14-13(9-5-3-6-9)12-8-10-4-1-2-7-11(10)15-12/h8-9H,1-7H2. The number of aryl methyl sites for hydroxylation is 2. The minimum absolute atomic E-state index is 0.366. The van der Waals surface area contributed by atoms with Crippen LogP contribution in [0.15, 0.2) is 6.07 Å². The number of ketones is 1. The zero-order valence-corrected chi connectivity index (χ0v) is 9.74. The molecule has 0 bridgehead atoms. The predicted octanol–water partition coefficient (Wildman–Crippen LogP) is 3.61. The molecule has 1 heterocycles. The quantitative estimate of drug-likeness (QED) is 0.696. The van der Waals surface area contributed by atoms with Gasteiger partial charge in [0.1, 0.15) is 0 Å². The highest BCUT2D eigenvalue weighted by Crippen LogP contribution is 2.35. The molecule has 2 aliphatic carbocycles. The average Bonchev–Trinajstić information content (AvgIpc) is 2.58. The van der Waals surface area contributed by atoms with E-state index in [4.69, 9.17) is 0 Å². The number of hydrogen-bond donors (Lipinski definition) is 0. The summed E-state index contributed by atoms with van der Waals surface area (Å²) >= 11 is 1.77. The molecule has 0 atom stereocenters. The second-order valence-electron chi connectivity index (χ2n) is 4.76. The van der Waals surface area contributed by atoms with Gasteiger partial charge >= 0.3 is 0 Å². The first-order chi connectivity index (χ1) is 7.34. The fourth-order valence-electron chi connectivity index (χ4n) is 2.48. The monoisotopic (exact) mass is 220 g/mol. The van der Waals surface area contributed by atoms with Gasteiger partial charge in [-0.25, -0.2) is 0 Å².